The van der Waals surface area contributed by atoms with Gasteiger partial charge in [0.1, 0.15) is 0 Å². The van der Waals surface area contributed by atoms with Crippen molar-refractivity contribution in [2.75, 3.05) is 26.2 Å². The van der Waals surface area contributed by atoms with Crippen LogP contribution >= 0.6 is 0 Å². The summed E-state index contributed by atoms with van der Waals surface area (Å²) >= 11 is 0. The Morgan fingerprint density at radius 1 is 1.00 bits per heavy atom. The van der Waals surface area contributed by atoms with Gasteiger partial charge in [-0.1, -0.05) is 32.6 Å². The van der Waals surface area contributed by atoms with Crippen molar-refractivity contribution in [1.29, 1.82) is 0 Å². The highest BCUT2D eigenvalue weighted by Crippen LogP contribution is 2.29. The molecule has 1 aliphatic carbocycles. The van der Waals surface area contributed by atoms with Crippen LogP contribution in [-0.4, -0.2) is 37.1 Å². The molecule has 2 unspecified atom stereocenters. The molecule has 1 saturated carbocycles. The number of nitrogens with one attached hydrogen (secondary N) is 1. The van der Waals surface area contributed by atoms with Crippen LogP contribution in [0, 0.1) is 5.92 Å². The van der Waals surface area contributed by atoms with Gasteiger partial charge in [-0.05, 0) is 44.7 Å². The molecule has 17 heavy (non-hydrogen) atoms. The van der Waals surface area contributed by atoms with E-state index in [0.29, 0.717) is 0 Å². The molecule has 2 fully saturated rings. The molecule has 1 saturated heterocycles. The van der Waals surface area contributed by atoms with Crippen molar-refractivity contribution in [3.63, 3.8) is 0 Å². The van der Waals surface area contributed by atoms with Crippen molar-refractivity contribution in [2.24, 2.45) is 5.92 Å². The van der Waals surface area contributed by atoms with Gasteiger partial charge in [0.2, 0.25) is 0 Å². The zero-order chi connectivity index (χ0) is 11.9. The van der Waals surface area contributed by atoms with Crippen molar-refractivity contribution < 1.29 is 0 Å². The molecule has 100 valence electrons. The van der Waals surface area contributed by atoms with Gasteiger partial charge in [-0.3, -0.25) is 4.90 Å². The molecule has 0 spiro atoms. The normalized spacial score (nSPS) is 33.0. The van der Waals surface area contributed by atoms with Gasteiger partial charge in [0.15, 0.2) is 0 Å². The Balaban J connectivity index is 1.80. The molecule has 0 aromatic carbocycles. The first-order valence-corrected chi connectivity index (χ1v) is 7.85. The molecule has 0 aromatic heterocycles. The van der Waals surface area contributed by atoms with E-state index >= 15 is 0 Å². The monoisotopic (exact) mass is 238 g/mol. The predicted molar refractivity (Wildman–Crippen MR) is 74.3 cm³/mol. The van der Waals surface area contributed by atoms with Gasteiger partial charge < -0.3 is 5.32 Å². The van der Waals surface area contributed by atoms with Crippen LogP contribution < -0.4 is 5.32 Å². The van der Waals surface area contributed by atoms with Crippen LogP contribution in [0.2, 0.25) is 0 Å². The molecule has 2 rings (SSSR count). The van der Waals surface area contributed by atoms with Crippen LogP contribution in [0.25, 0.3) is 0 Å². The highest BCUT2D eigenvalue weighted by Gasteiger charge is 2.23. The minimum atomic E-state index is 0.900. The van der Waals surface area contributed by atoms with Crippen LogP contribution in [0.1, 0.15) is 58.3 Å². The third-order valence-corrected chi connectivity index (χ3v) is 4.65. The summed E-state index contributed by atoms with van der Waals surface area (Å²) < 4.78 is 0. The fourth-order valence-corrected chi connectivity index (χ4v) is 3.65. The standard InChI is InChI=1S/C15H30N2/c1-2-5-14-6-3-7-15(9-8-14)17-12-4-10-16-11-13-17/h14-16H,2-13H2,1H3. The van der Waals surface area contributed by atoms with E-state index in [4.69, 9.17) is 0 Å². The minimum Gasteiger partial charge on any atom is -0.315 e. The third-order valence-electron chi connectivity index (χ3n) is 4.65. The van der Waals surface area contributed by atoms with Crippen LogP contribution in [0.3, 0.4) is 0 Å². The van der Waals surface area contributed by atoms with Crippen LogP contribution in [-0.2, 0) is 0 Å². The van der Waals surface area contributed by atoms with Crippen molar-refractivity contribution in [3.05, 3.63) is 0 Å². The molecule has 2 aliphatic rings. The molecular formula is C15H30N2. The second kappa shape index (κ2) is 7.38. The summed E-state index contributed by atoms with van der Waals surface area (Å²) in [6.07, 6.45) is 11.6. The molecule has 1 aliphatic heterocycles. The Labute approximate surface area is 107 Å². The lowest BCUT2D eigenvalue weighted by Crippen LogP contribution is -2.37. The average molecular weight is 238 g/mol. The first kappa shape index (κ1) is 13.4. The molecule has 2 heteroatoms. The maximum absolute atomic E-state index is 3.52. The zero-order valence-electron chi connectivity index (χ0n) is 11.6. The van der Waals surface area contributed by atoms with E-state index in [2.05, 4.69) is 17.1 Å². The Morgan fingerprint density at radius 2 is 1.94 bits per heavy atom. The Hall–Kier alpha value is -0.0800. The number of hydrogen-bond acceptors (Lipinski definition) is 2. The molecule has 2 atom stereocenters. The fraction of sp³-hybridized carbons (Fsp3) is 1.00. The molecule has 0 radical (unpaired) electrons. The SMILES string of the molecule is CCCC1CCCC(N2CCCNCC2)CC1. The highest BCUT2D eigenvalue weighted by atomic mass is 15.2. The lowest BCUT2D eigenvalue weighted by Gasteiger charge is -2.29. The third kappa shape index (κ3) is 4.26. The van der Waals surface area contributed by atoms with Gasteiger partial charge in [-0.15, -0.1) is 0 Å². The Bertz CT molecular complexity index is 197. The van der Waals surface area contributed by atoms with Crippen molar-refractivity contribution in [3.8, 4) is 0 Å². The van der Waals surface area contributed by atoms with Gasteiger partial charge in [0.25, 0.3) is 0 Å². The summed E-state index contributed by atoms with van der Waals surface area (Å²) in [7, 11) is 0. The molecular weight excluding hydrogens is 208 g/mol. The number of rotatable bonds is 3. The van der Waals surface area contributed by atoms with E-state index < -0.39 is 0 Å². The van der Waals surface area contributed by atoms with E-state index in [1.807, 2.05) is 0 Å². The van der Waals surface area contributed by atoms with Crippen LogP contribution in [0.5, 0.6) is 0 Å². The van der Waals surface area contributed by atoms with Gasteiger partial charge in [0.05, 0.1) is 0 Å². The van der Waals surface area contributed by atoms with Gasteiger partial charge in [-0.25, -0.2) is 0 Å². The summed E-state index contributed by atoms with van der Waals surface area (Å²) in [6.45, 7) is 7.37. The molecule has 1 N–H and O–H groups in total. The molecule has 0 amide bonds. The zero-order valence-corrected chi connectivity index (χ0v) is 11.6. The van der Waals surface area contributed by atoms with E-state index in [9.17, 15) is 0 Å². The maximum Gasteiger partial charge on any atom is 0.0110 e. The number of nitrogens with zero attached hydrogens (tertiary/aromatic N) is 1. The van der Waals surface area contributed by atoms with Gasteiger partial charge in [-0.2, -0.15) is 0 Å². The van der Waals surface area contributed by atoms with E-state index in [0.717, 1.165) is 12.0 Å². The minimum absolute atomic E-state index is 0.900. The van der Waals surface area contributed by atoms with Crippen LogP contribution in [0.4, 0.5) is 0 Å². The second-order valence-corrected chi connectivity index (χ2v) is 5.96. The summed E-state index contributed by atoms with van der Waals surface area (Å²) in [5.74, 6) is 1.04. The van der Waals surface area contributed by atoms with E-state index in [1.54, 1.807) is 0 Å². The Kier molecular flexibility index (Phi) is 5.79. The number of hydrogen-bond donors (Lipinski definition) is 1. The first-order chi connectivity index (χ1) is 8.40. The molecule has 2 nitrogen and oxygen atoms in total. The fourth-order valence-electron chi connectivity index (χ4n) is 3.65. The quantitative estimate of drug-likeness (QED) is 0.760. The van der Waals surface area contributed by atoms with Crippen molar-refractivity contribution in [1.82, 2.24) is 10.2 Å². The summed E-state index contributed by atoms with van der Waals surface area (Å²) in [6, 6.07) is 0.900. The lowest BCUT2D eigenvalue weighted by atomic mass is 9.95. The van der Waals surface area contributed by atoms with Crippen LogP contribution in [0.15, 0.2) is 0 Å². The van der Waals surface area contributed by atoms with E-state index in [1.165, 1.54) is 77.5 Å². The van der Waals surface area contributed by atoms with Gasteiger partial charge in [0, 0.05) is 19.1 Å². The lowest BCUT2D eigenvalue weighted by molar-refractivity contribution is 0.189. The Morgan fingerprint density at radius 3 is 2.82 bits per heavy atom. The first-order valence-electron chi connectivity index (χ1n) is 7.85. The molecule has 0 aromatic rings. The largest absolute Gasteiger partial charge is 0.315 e. The summed E-state index contributed by atoms with van der Waals surface area (Å²) in [5, 5.41) is 3.52. The highest BCUT2D eigenvalue weighted by molar-refractivity contribution is 4.79. The topological polar surface area (TPSA) is 15.3 Å². The summed E-state index contributed by atoms with van der Waals surface area (Å²) in [4.78, 5) is 2.77. The maximum atomic E-state index is 3.52. The predicted octanol–water partition coefficient (Wildman–Crippen LogP) is 3.03. The van der Waals surface area contributed by atoms with Gasteiger partial charge >= 0.3 is 0 Å². The second-order valence-electron chi connectivity index (χ2n) is 5.96. The smallest absolute Gasteiger partial charge is 0.0110 e. The van der Waals surface area contributed by atoms with Crippen molar-refractivity contribution >= 4 is 0 Å². The van der Waals surface area contributed by atoms with Crippen molar-refractivity contribution in [2.45, 2.75) is 64.3 Å². The molecule has 0 bridgehead atoms. The average Bonchev–Trinajstić information content (AvgIpc) is 2.71. The summed E-state index contributed by atoms with van der Waals surface area (Å²) in [5.41, 5.74) is 0. The van der Waals surface area contributed by atoms with E-state index in [-0.39, 0.29) is 0 Å². The molecule has 1 heterocycles.